The van der Waals surface area contributed by atoms with E-state index in [0.29, 0.717) is 27.3 Å². The van der Waals surface area contributed by atoms with Gasteiger partial charge < -0.3 is 10.6 Å². The van der Waals surface area contributed by atoms with Crippen LogP contribution in [0.25, 0.3) is 10.9 Å². The van der Waals surface area contributed by atoms with Crippen LogP contribution >= 0.6 is 43.5 Å². The van der Waals surface area contributed by atoms with E-state index in [-0.39, 0.29) is 5.69 Å². The van der Waals surface area contributed by atoms with E-state index in [4.69, 9.17) is 11.6 Å². The molecule has 0 aliphatic heterocycles. The van der Waals surface area contributed by atoms with Crippen LogP contribution in [0.15, 0.2) is 81.7 Å². The summed E-state index contributed by atoms with van der Waals surface area (Å²) in [4.78, 5) is 38.2. The van der Waals surface area contributed by atoms with Gasteiger partial charge in [-0.25, -0.2) is 4.68 Å². The average Bonchev–Trinajstić information content (AvgIpc) is 3.14. The maximum atomic E-state index is 13.0. The molecule has 0 fully saturated rings. The minimum atomic E-state index is -0.965. The number of anilines is 2. The van der Waals surface area contributed by atoms with Gasteiger partial charge >= 0.3 is 11.8 Å². The minimum Gasteiger partial charge on any atom is -0.321 e. The lowest BCUT2D eigenvalue weighted by Crippen LogP contribution is -2.36. The predicted octanol–water partition coefficient (Wildman–Crippen LogP) is 5.78. The Morgan fingerprint density at radius 3 is 2.21 bits per heavy atom. The van der Waals surface area contributed by atoms with Crippen molar-refractivity contribution in [3.05, 3.63) is 92.5 Å². The Kier molecular flexibility index (Phi) is 6.83. The molecule has 0 atom stereocenters. The molecule has 0 saturated carbocycles. The zero-order chi connectivity index (χ0) is 23.5. The summed E-state index contributed by atoms with van der Waals surface area (Å²) in [6.07, 6.45) is 0. The number of rotatable bonds is 4. The minimum absolute atomic E-state index is 0.143. The Morgan fingerprint density at radius 1 is 0.788 bits per heavy atom. The normalized spacial score (nSPS) is 10.6. The Labute approximate surface area is 210 Å². The first kappa shape index (κ1) is 23.0. The van der Waals surface area contributed by atoms with Gasteiger partial charge in [0.15, 0.2) is 0 Å². The van der Waals surface area contributed by atoms with E-state index in [1.165, 1.54) is 4.68 Å². The van der Waals surface area contributed by atoms with Crippen LogP contribution in [0.2, 0.25) is 5.02 Å². The summed E-state index contributed by atoms with van der Waals surface area (Å²) in [7, 11) is 0. The number of hydrogen-bond acceptors (Lipinski definition) is 3. The number of nitrogens with one attached hydrogen (secondary N) is 3. The van der Waals surface area contributed by atoms with Crippen molar-refractivity contribution in [1.29, 1.82) is 0 Å². The summed E-state index contributed by atoms with van der Waals surface area (Å²) in [5.41, 5.74) is 4.06. The van der Waals surface area contributed by atoms with Crippen LogP contribution in [0.3, 0.4) is 0 Å². The molecule has 3 N–H and O–H groups in total. The van der Waals surface area contributed by atoms with Gasteiger partial charge in [0, 0.05) is 20.0 Å². The molecule has 166 valence electrons. The van der Waals surface area contributed by atoms with E-state index in [9.17, 15) is 14.4 Å². The molecule has 10 heteroatoms. The molecule has 0 aliphatic carbocycles. The molecule has 0 bridgehead atoms. The summed E-state index contributed by atoms with van der Waals surface area (Å²) >= 11 is 12.8. The number of carbonyl (C=O) groups is 3. The lowest BCUT2D eigenvalue weighted by atomic mass is 10.2. The summed E-state index contributed by atoms with van der Waals surface area (Å²) < 4.78 is 2.95. The quantitative estimate of drug-likeness (QED) is 0.263. The molecule has 3 amide bonds. The van der Waals surface area contributed by atoms with Gasteiger partial charge in [-0.2, -0.15) is 0 Å². The Balaban J connectivity index is 1.63. The van der Waals surface area contributed by atoms with Crippen molar-refractivity contribution in [2.24, 2.45) is 0 Å². The van der Waals surface area contributed by atoms with Crippen LogP contribution in [-0.2, 0) is 9.59 Å². The highest BCUT2D eigenvalue weighted by molar-refractivity contribution is 9.10. The van der Waals surface area contributed by atoms with Crippen molar-refractivity contribution >= 4 is 83.5 Å². The molecule has 7 nitrogen and oxygen atoms in total. The van der Waals surface area contributed by atoms with Crippen LogP contribution in [-0.4, -0.2) is 22.4 Å². The first-order valence-corrected chi connectivity index (χ1v) is 11.5. The van der Waals surface area contributed by atoms with Gasteiger partial charge in [0.1, 0.15) is 5.69 Å². The Hall–Kier alpha value is -3.14. The third-order valence-electron chi connectivity index (χ3n) is 4.64. The van der Waals surface area contributed by atoms with Crippen LogP contribution in [0, 0.1) is 0 Å². The highest BCUT2D eigenvalue weighted by Gasteiger charge is 2.21. The van der Waals surface area contributed by atoms with Crippen molar-refractivity contribution < 1.29 is 14.4 Å². The lowest BCUT2D eigenvalue weighted by molar-refractivity contribution is -0.133. The average molecular weight is 591 g/mol. The van der Waals surface area contributed by atoms with Crippen molar-refractivity contribution in [2.75, 3.05) is 16.1 Å². The summed E-state index contributed by atoms with van der Waals surface area (Å²) in [5, 5.41) is 6.24. The number of hydrogen-bond donors (Lipinski definition) is 3. The number of carbonyl (C=O) groups excluding carboxylic acids is 3. The second-order valence-corrected chi connectivity index (χ2v) is 9.14. The number of nitrogens with zero attached hydrogens (tertiary/aromatic N) is 1. The smallest absolute Gasteiger partial charge is 0.321 e. The Bertz CT molecular complexity index is 1390. The van der Waals surface area contributed by atoms with Crippen molar-refractivity contribution in [3.63, 3.8) is 0 Å². The summed E-state index contributed by atoms with van der Waals surface area (Å²) in [6.45, 7) is 0. The van der Waals surface area contributed by atoms with Crippen LogP contribution in [0.5, 0.6) is 0 Å². The Morgan fingerprint density at radius 2 is 1.48 bits per heavy atom. The van der Waals surface area contributed by atoms with E-state index in [1.807, 2.05) is 0 Å². The molecule has 4 aromatic rings. The molecule has 0 saturated heterocycles. The van der Waals surface area contributed by atoms with Crippen molar-refractivity contribution in [1.82, 2.24) is 4.68 Å². The molecule has 0 unspecified atom stereocenters. The molecule has 0 radical (unpaired) electrons. The van der Waals surface area contributed by atoms with Gasteiger partial charge in [0.2, 0.25) is 0 Å². The van der Waals surface area contributed by atoms with Crippen molar-refractivity contribution in [3.8, 4) is 0 Å². The second kappa shape index (κ2) is 9.78. The monoisotopic (exact) mass is 588 g/mol. The van der Waals surface area contributed by atoms with Gasteiger partial charge in [0.05, 0.1) is 16.2 Å². The van der Waals surface area contributed by atoms with E-state index >= 15 is 0 Å². The summed E-state index contributed by atoms with van der Waals surface area (Å²) in [5.74, 6) is -2.36. The molecule has 0 aliphatic rings. The lowest BCUT2D eigenvalue weighted by Gasteiger charge is -2.13. The third-order valence-corrected chi connectivity index (χ3v) is 5.99. The zero-order valence-corrected chi connectivity index (χ0v) is 20.7. The number of benzene rings is 3. The number of amides is 3. The van der Waals surface area contributed by atoms with Crippen LogP contribution in [0.1, 0.15) is 10.5 Å². The molecule has 33 heavy (non-hydrogen) atoms. The van der Waals surface area contributed by atoms with Crippen LogP contribution in [0.4, 0.5) is 11.4 Å². The van der Waals surface area contributed by atoms with Crippen molar-refractivity contribution in [2.45, 2.75) is 0 Å². The fraction of sp³-hybridized carbons (Fsp3) is 0. The number of para-hydroxylation sites is 1. The number of halogens is 3. The van der Waals surface area contributed by atoms with Gasteiger partial charge in [-0.15, -0.1) is 0 Å². The molecule has 1 heterocycles. The molecule has 1 aromatic heterocycles. The van der Waals surface area contributed by atoms with E-state index in [1.54, 1.807) is 72.8 Å². The largest absolute Gasteiger partial charge is 0.328 e. The number of fused-ring (bicyclic) bond motifs is 1. The first-order valence-electron chi connectivity index (χ1n) is 9.56. The molecule has 3 aromatic carbocycles. The van der Waals surface area contributed by atoms with E-state index < -0.39 is 17.7 Å². The fourth-order valence-electron chi connectivity index (χ4n) is 3.10. The highest BCUT2D eigenvalue weighted by Crippen LogP contribution is 2.25. The fourth-order valence-corrected chi connectivity index (χ4v) is 3.92. The van der Waals surface area contributed by atoms with Gasteiger partial charge in [-0.3, -0.25) is 19.8 Å². The SMILES string of the molecule is O=C(Nc1ccccc1Cl)C(=O)Nn1c(C(=O)Nc2ccc(Br)cc2)cc2cc(Br)ccc21. The first-order chi connectivity index (χ1) is 15.8. The predicted molar refractivity (Wildman–Crippen MR) is 136 cm³/mol. The second-order valence-electron chi connectivity index (χ2n) is 6.90. The molecule has 0 spiro atoms. The molecular formula is C23H15Br2ClN4O3. The zero-order valence-electron chi connectivity index (χ0n) is 16.7. The highest BCUT2D eigenvalue weighted by atomic mass is 79.9. The van der Waals surface area contributed by atoms with E-state index in [2.05, 4.69) is 47.9 Å². The van der Waals surface area contributed by atoms with Crippen LogP contribution < -0.4 is 16.1 Å². The third kappa shape index (κ3) is 5.27. The molecule has 4 rings (SSSR count). The maximum absolute atomic E-state index is 13.0. The maximum Gasteiger partial charge on any atom is 0.328 e. The number of aromatic nitrogens is 1. The van der Waals surface area contributed by atoms with E-state index in [0.717, 1.165) is 8.95 Å². The van der Waals surface area contributed by atoms with Gasteiger partial charge in [0.25, 0.3) is 5.91 Å². The van der Waals surface area contributed by atoms with Gasteiger partial charge in [-0.1, -0.05) is 55.6 Å². The molecular weight excluding hydrogens is 576 g/mol. The summed E-state index contributed by atoms with van der Waals surface area (Å²) in [6, 6.07) is 20.5. The topological polar surface area (TPSA) is 92.2 Å². The van der Waals surface area contributed by atoms with Gasteiger partial charge in [-0.05, 0) is 60.7 Å². The standard InChI is InChI=1S/C23H15Br2ClN4O3/c24-14-5-8-16(9-6-14)27-21(31)20-12-13-11-15(25)7-10-19(13)30(20)29-23(33)22(32)28-18-4-2-1-3-17(18)26/h1-12H,(H,27,31)(H,28,32)(H,29,33).